The summed E-state index contributed by atoms with van der Waals surface area (Å²) in [6.45, 7) is 4.22. The van der Waals surface area contributed by atoms with Crippen molar-refractivity contribution in [1.29, 1.82) is 0 Å². The van der Waals surface area contributed by atoms with E-state index in [1.165, 1.54) is 0 Å². The number of amides is 1. The lowest BCUT2D eigenvalue weighted by atomic mass is 10.2. The van der Waals surface area contributed by atoms with Crippen molar-refractivity contribution in [3.63, 3.8) is 0 Å². The summed E-state index contributed by atoms with van der Waals surface area (Å²) in [5, 5.41) is 6.57. The van der Waals surface area contributed by atoms with E-state index in [0.717, 1.165) is 12.1 Å². The molecule has 1 atom stereocenters. The lowest BCUT2D eigenvalue weighted by Gasteiger charge is -2.07. The van der Waals surface area contributed by atoms with Gasteiger partial charge in [0, 0.05) is 6.42 Å². The predicted molar refractivity (Wildman–Crippen MR) is 45.9 cm³/mol. The predicted octanol–water partition coefficient (Wildman–Crippen LogP) is 0.677. The van der Waals surface area contributed by atoms with Crippen LogP contribution in [-0.4, -0.2) is 24.3 Å². The summed E-state index contributed by atoms with van der Waals surface area (Å²) in [4.78, 5) is 15.7. The highest BCUT2D eigenvalue weighted by Gasteiger charge is 2.20. The first-order chi connectivity index (χ1) is 5.68. The van der Waals surface area contributed by atoms with Crippen molar-refractivity contribution in [3.8, 4) is 0 Å². The Bertz CT molecular complexity index is 197. The van der Waals surface area contributed by atoms with Crippen LogP contribution in [0.15, 0.2) is 5.16 Å². The molecule has 0 aromatic carbocycles. The van der Waals surface area contributed by atoms with Crippen molar-refractivity contribution in [1.82, 2.24) is 5.32 Å². The Morgan fingerprint density at radius 1 is 1.75 bits per heavy atom. The fraction of sp³-hybridized carbons (Fsp3) is 0.750. The van der Waals surface area contributed by atoms with Crippen LogP contribution in [0.5, 0.6) is 0 Å². The molecule has 1 aliphatic rings. The molecule has 1 saturated heterocycles. The average Bonchev–Trinajstić information content (AvgIpc) is 2.35. The van der Waals surface area contributed by atoms with Crippen molar-refractivity contribution in [2.45, 2.75) is 32.7 Å². The molecule has 1 aliphatic heterocycles. The molecule has 0 aliphatic carbocycles. The SMILES string of the molecule is CC(C)=NOC[C@@H]1CCC(=O)N1. The quantitative estimate of drug-likeness (QED) is 0.500. The molecule has 68 valence electrons. The zero-order valence-corrected chi connectivity index (χ0v) is 7.46. The van der Waals surface area contributed by atoms with E-state index in [1.54, 1.807) is 0 Å². The van der Waals surface area contributed by atoms with Crippen LogP contribution in [0.2, 0.25) is 0 Å². The van der Waals surface area contributed by atoms with E-state index in [-0.39, 0.29) is 11.9 Å². The van der Waals surface area contributed by atoms with Crippen molar-refractivity contribution in [2.24, 2.45) is 5.16 Å². The van der Waals surface area contributed by atoms with Gasteiger partial charge < -0.3 is 10.2 Å². The maximum Gasteiger partial charge on any atom is 0.220 e. The van der Waals surface area contributed by atoms with Crippen LogP contribution in [0.25, 0.3) is 0 Å². The normalized spacial score (nSPS) is 21.8. The number of hydrogen-bond acceptors (Lipinski definition) is 3. The Morgan fingerprint density at radius 3 is 3.00 bits per heavy atom. The van der Waals surface area contributed by atoms with Gasteiger partial charge in [0.2, 0.25) is 5.91 Å². The second-order valence-electron chi connectivity index (χ2n) is 3.14. The minimum Gasteiger partial charge on any atom is -0.394 e. The van der Waals surface area contributed by atoms with E-state index in [2.05, 4.69) is 10.5 Å². The molecule has 4 nitrogen and oxygen atoms in total. The smallest absolute Gasteiger partial charge is 0.220 e. The minimum atomic E-state index is 0.112. The van der Waals surface area contributed by atoms with Crippen LogP contribution >= 0.6 is 0 Å². The monoisotopic (exact) mass is 170 g/mol. The van der Waals surface area contributed by atoms with Gasteiger partial charge >= 0.3 is 0 Å². The molecule has 1 rings (SSSR count). The molecular formula is C8H14N2O2. The number of rotatable bonds is 3. The molecule has 0 radical (unpaired) electrons. The summed E-state index contributed by atoms with van der Waals surface area (Å²) in [5.41, 5.74) is 0.888. The molecule has 12 heavy (non-hydrogen) atoms. The maximum absolute atomic E-state index is 10.7. The van der Waals surface area contributed by atoms with Gasteiger partial charge in [0.25, 0.3) is 0 Å². The van der Waals surface area contributed by atoms with E-state index in [0.29, 0.717) is 13.0 Å². The molecule has 0 saturated carbocycles. The summed E-state index contributed by atoms with van der Waals surface area (Å²) in [6.07, 6.45) is 1.47. The Hall–Kier alpha value is -1.06. The molecule has 0 spiro atoms. The number of nitrogens with one attached hydrogen (secondary N) is 1. The zero-order chi connectivity index (χ0) is 8.97. The van der Waals surface area contributed by atoms with E-state index >= 15 is 0 Å². The fourth-order valence-corrected chi connectivity index (χ4v) is 1.06. The highest BCUT2D eigenvalue weighted by molar-refractivity contribution is 5.78. The van der Waals surface area contributed by atoms with Crippen LogP contribution in [-0.2, 0) is 9.63 Å². The van der Waals surface area contributed by atoms with Crippen molar-refractivity contribution in [3.05, 3.63) is 0 Å². The van der Waals surface area contributed by atoms with Gasteiger partial charge in [-0.3, -0.25) is 4.79 Å². The lowest BCUT2D eigenvalue weighted by Crippen LogP contribution is -2.29. The second-order valence-corrected chi connectivity index (χ2v) is 3.14. The van der Waals surface area contributed by atoms with E-state index in [9.17, 15) is 4.79 Å². The standard InChI is InChI=1S/C8H14N2O2/c1-6(2)10-12-5-7-3-4-8(11)9-7/h7H,3-5H2,1-2H3,(H,9,11)/t7-/m0/s1. The Morgan fingerprint density at radius 2 is 2.50 bits per heavy atom. The van der Waals surface area contributed by atoms with Crippen molar-refractivity contribution < 1.29 is 9.63 Å². The van der Waals surface area contributed by atoms with Gasteiger partial charge in [-0.05, 0) is 20.3 Å². The Kier molecular flexibility index (Phi) is 3.08. The van der Waals surface area contributed by atoms with Gasteiger partial charge in [0.1, 0.15) is 6.61 Å². The molecule has 1 amide bonds. The number of oxime groups is 1. The van der Waals surface area contributed by atoms with Gasteiger partial charge in [-0.2, -0.15) is 0 Å². The first-order valence-electron chi connectivity index (χ1n) is 4.11. The molecule has 4 heteroatoms. The van der Waals surface area contributed by atoms with Crippen molar-refractivity contribution in [2.75, 3.05) is 6.61 Å². The third kappa shape index (κ3) is 2.90. The summed E-state index contributed by atoms with van der Waals surface area (Å²) >= 11 is 0. The van der Waals surface area contributed by atoms with Crippen LogP contribution in [0, 0.1) is 0 Å². The first-order valence-corrected chi connectivity index (χ1v) is 4.11. The van der Waals surface area contributed by atoms with Gasteiger partial charge in [-0.25, -0.2) is 0 Å². The topological polar surface area (TPSA) is 50.7 Å². The number of nitrogens with zero attached hydrogens (tertiary/aromatic N) is 1. The molecular weight excluding hydrogens is 156 g/mol. The highest BCUT2D eigenvalue weighted by Crippen LogP contribution is 2.06. The van der Waals surface area contributed by atoms with E-state index in [4.69, 9.17) is 4.84 Å². The Labute approximate surface area is 72.0 Å². The number of carbonyl (C=O) groups is 1. The van der Waals surface area contributed by atoms with Gasteiger partial charge in [0.05, 0.1) is 11.8 Å². The van der Waals surface area contributed by atoms with E-state index < -0.39 is 0 Å². The summed E-state index contributed by atoms with van der Waals surface area (Å²) in [5.74, 6) is 0.112. The molecule has 1 heterocycles. The third-order valence-electron chi connectivity index (χ3n) is 1.61. The maximum atomic E-state index is 10.7. The molecule has 0 bridgehead atoms. The number of carbonyl (C=O) groups excluding carboxylic acids is 1. The largest absolute Gasteiger partial charge is 0.394 e. The van der Waals surface area contributed by atoms with Gasteiger partial charge in [0.15, 0.2) is 0 Å². The highest BCUT2D eigenvalue weighted by atomic mass is 16.6. The molecule has 1 N–H and O–H groups in total. The first kappa shape index (κ1) is 9.03. The molecule has 1 fully saturated rings. The zero-order valence-electron chi connectivity index (χ0n) is 7.46. The summed E-state index contributed by atoms with van der Waals surface area (Å²) < 4.78 is 0. The van der Waals surface area contributed by atoms with Crippen molar-refractivity contribution >= 4 is 11.6 Å². The summed E-state index contributed by atoms with van der Waals surface area (Å²) in [7, 11) is 0. The fourth-order valence-electron chi connectivity index (χ4n) is 1.06. The molecule has 0 aromatic heterocycles. The van der Waals surface area contributed by atoms with Crippen LogP contribution < -0.4 is 5.32 Å². The third-order valence-corrected chi connectivity index (χ3v) is 1.61. The van der Waals surface area contributed by atoms with Crippen LogP contribution in [0.4, 0.5) is 0 Å². The molecule has 0 aromatic rings. The Balaban J connectivity index is 2.16. The van der Waals surface area contributed by atoms with Crippen LogP contribution in [0.1, 0.15) is 26.7 Å². The van der Waals surface area contributed by atoms with Gasteiger partial charge in [-0.1, -0.05) is 5.16 Å². The lowest BCUT2D eigenvalue weighted by molar-refractivity contribution is -0.119. The minimum absolute atomic E-state index is 0.112. The number of hydrogen-bond donors (Lipinski definition) is 1. The van der Waals surface area contributed by atoms with Gasteiger partial charge in [-0.15, -0.1) is 0 Å². The van der Waals surface area contributed by atoms with Crippen LogP contribution in [0.3, 0.4) is 0 Å². The summed E-state index contributed by atoms with van der Waals surface area (Å²) in [6, 6.07) is 0.153. The second kappa shape index (κ2) is 4.09. The average molecular weight is 170 g/mol. The molecule has 0 unspecified atom stereocenters. The van der Waals surface area contributed by atoms with E-state index in [1.807, 2.05) is 13.8 Å².